The van der Waals surface area contributed by atoms with E-state index in [0.717, 1.165) is 10.6 Å². The summed E-state index contributed by atoms with van der Waals surface area (Å²) in [5.74, 6) is 0.257. The quantitative estimate of drug-likeness (QED) is 0.814. The Morgan fingerprint density at radius 3 is 2.54 bits per heavy atom. The molecule has 1 aliphatic carbocycles. The molecule has 1 atom stereocenters. The van der Waals surface area contributed by atoms with Crippen LogP contribution < -0.4 is 11.1 Å². The first kappa shape index (κ1) is 17.0. The minimum Gasteiger partial charge on any atom is -0.366 e. The lowest BCUT2D eigenvalue weighted by Gasteiger charge is -2.25. The second-order valence-electron chi connectivity index (χ2n) is 6.52. The van der Waals surface area contributed by atoms with Gasteiger partial charge in [0.05, 0.1) is 0 Å². The topological polar surface area (TPSA) is 55.1 Å². The number of hydrogen-bond donors (Lipinski definition) is 2. The van der Waals surface area contributed by atoms with Crippen molar-refractivity contribution in [2.45, 2.75) is 38.3 Å². The van der Waals surface area contributed by atoms with Gasteiger partial charge >= 0.3 is 0 Å². The summed E-state index contributed by atoms with van der Waals surface area (Å²) in [5.41, 5.74) is 8.27. The number of halogens is 1. The molecular formula is C20H23ClN2O. The van der Waals surface area contributed by atoms with E-state index in [9.17, 15) is 4.79 Å². The molecule has 0 aliphatic heterocycles. The van der Waals surface area contributed by atoms with Crippen molar-refractivity contribution in [3.05, 3.63) is 70.2 Å². The Morgan fingerprint density at radius 2 is 1.88 bits per heavy atom. The van der Waals surface area contributed by atoms with Gasteiger partial charge in [-0.1, -0.05) is 48.7 Å². The molecule has 1 aliphatic rings. The Labute approximate surface area is 148 Å². The van der Waals surface area contributed by atoms with Gasteiger partial charge in [-0.15, -0.1) is 0 Å². The summed E-state index contributed by atoms with van der Waals surface area (Å²) in [5, 5.41) is 4.45. The number of carbonyl (C=O) groups is 1. The van der Waals surface area contributed by atoms with Crippen molar-refractivity contribution in [3.8, 4) is 0 Å². The van der Waals surface area contributed by atoms with Crippen LogP contribution in [0.4, 0.5) is 0 Å². The highest BCUT2D eigenvalue weighted by Gasteiger charge is 2.26. The van der Waals surface area contributed by atoms with Crippen molar-refractivity contribution in [1.82, 2.24) is 5.32 Å². The lowest BCUT2D eigenvalue weighted by Crippen LogP contribution is -2.27. The molecule has 2 aromatic rings. The van der Waals surface area contributed by atoms with Crippen LogP contribution >= 0.6 is 11.6 Å². The van der Waals surface area contributed by atoms with Gasteiger partial charge in [0.25, 0.3) is 0 Å². The maximum Gasteiger partial charge on any atom is 0.248 e. The van der Waals surface area contributed by atoms with Crippen LogP contribution in [0.25, 0.3) is 0 Å². The van der Waals surface area contributed by atoms with Crippen LogP contribution in [0.1, 0.15) is 53.2 Å². The van der Waals surface area contributed by atoms with E-state index in [4.69, 9.17) is 17.3 Å². The zero-order valence-electron chi connectivity index (χ0n) is 13.7. The summed E-state index contributed by atoms with van der Waals surface area (Å²) in [6, 6.07) is 15.9. The van der Waals surface area contributed by atoms with E-state index in [1.165, 1.54) is 31.2 Å². The Kier molecular flexibility index (Phi) is 5.54. The third-order valence-electron chi connectivity index (χ3n) is 4.84. The van der Waals surface area contributed by atoms with Crippen LogP contribution in [-0.4, -0.2) is 5.91 Å². The van der Waals surface area contributed by atoms with E-state index in [1.54, 1.807) is 6.07 Å². The highest BCUT2D eigenvalue weighted by Crippen LogP contribution is 2.36. The van der Waals surface area contributed by atoms with Gasteiger partial charge in [0.15, 0.2) is 0 Å². The number of amides is 1. The fraction of sp³-hybridized carbons (Fsp3) is 0.350. The number of primary amides is 1. The van der Waals surface area contributed by atoms with Crippen molar-refractivity contribution >= 4 is 17.5 Å². The maximum atomic E-state index is 11.3. The summed E-state index contributed by atoms with van der Waals surface area (Å²) in [7, 11) is 0. The van der Waals surface area contributed by atoms with Gasteiger partial charge in [-0.3, -0.25) is 4.79 Å². The summed E-state index contributed by atoms with van der Waals surface area (Å²) in [4.78, 5) is 11.3. The van der Waals surface area contributed by atoms with Gasteiger partial charge in [-0.25, -0.2) is 0 Å². The van der Waals surface area contributed by atoms with Crippen molar-refractivity contribution in [2.75, 3.05) is 0 Å². The summed E-state index contributed by atoms with van der Waals surface area (Å²) < 4.78 is 0. The minimum absolute atomic E-state index is 0.307. The molecule has 1 fully saturated rings. The molecule has 24 heavy (non-hydrogen) atoms. The number of nitrogens with one attached hydrogen (secondary N) is 1. The molecule has 126 valence electrons. The van der Waals surface area contributed by atoms with Crippen LogP contribution in [0.15, 0.2) is 48.5 Å². The van der Waals surface area contributed by atoms with E-state index in [-0.39, 0.29) is 5.91 Å². The van der Waals surface area contributed by atoms with Gasteiger partial charge in [0, 0.05) is 23.2 Å². The third kappa shape index (κ3) is 4.16. The molecule has 3 N–H and O–H groups in total. The van der Waals surface area contributed by atoms with Crippen LogP contribution in [0, 0.1) is 5.92 Å². The van der Waals surface area contributed by atoms with E-state index < -0.39 is 0 Å². The average molecular weight is 343 g/mol. The molecule has 1 amide bonds. The molecule has 1 unspecified atom stereocenters. The molecule has 0 heterocycles. The van der Waals surface area contributed by atoms with E-state index in [0.29, 0.717) is 24.1 Å². The first-order valence-corrected chi connectivity index (χ1v) is 8.89. The molecule has 0 radical (unpaired) electrons. The fourth-order valence-electron chi connectivity index (χ4n) is 3.58. The summed E-state index contributed by atoms with van der Waals surface area (Å²) in [6.07, 6.45) is 5.10. The molecule has 2 aromatic carbocycles. The second-order valence-corrected chi connectivity index (χ2v) is 6.96. The second kappa shape index (κ2) is 7.82. The standard InChI is InChI=1S/C20H23ClN2O/c21-18-10-8-16(9-11-18)19(15-5-1-2-6-15)23-13-14-4-3-7-17(12-14)20(22)24/h3-4,7-12,15,19,23H,1-2,5-6,13H2,(H2,22,24). The predicted octanol–water partition coefficient (Wildman–Crippen LogP) is 4.46. The Hall–Kier alpha value is -1.84. The smallest absolute Gasteiger partial charge is 0.248 e. The van der Waals surface area contributed by atoms with E-state index in [2.05, 4.69) is 17.4 Å². The molecular weight excluding hydrogens is 320 g/mol. The monoisotopic (exact) mass is 342 g/mol. The van der Waals surface area contributed by atoms with Crippen LogP contribution in [0.5, 0.6) is 0 Å². The Morgan fingerprint density at radius 1 is 1.17 bits per heavy atom. The first-order chi connectivity index (χ1) is 11.6. The van der Waals surface area contributed by atoms with Gasteiger partial charge in [-0.2, -0.15) is 0 Å². The number of rotatable bonds is 6. The largest absolute Gasteiger partial charge is 0.366 e. The molecule has 0 aromatic heterocycles. The first-order valence-electron chi connectivity index (χ1n) is 8.51. The molecule has 4 heteroatoms. The normalized spacial score (nSPS) is 16.2. The van der Waals surface area contributed by atoms with Crippen LogP contribution in [0.3, 0.4) is 0 Å². The van der Waals surface area contributed by atoms with Crippen molar-refractivity contribution < 1.29 is 4.79 Å². The third-order valence-corrected chi connectivity index (χ3v) is 5.09. The summed E-state index contributed by atoms with van der Waals surface area (Å²) >= 11 is 6.03. The maximum absolute atomic E-state index is 11.3. The molecule has 3 rings (SSSR count). The van der Waals surface area contributed by atoms with Crippen molar-refractivity contribution in [1.29, 1.82) is 0 Å². The zero-order valence-corrected chi connectivity index (χ0v) is 14.4. The van der Waals surface area contributed by atoms with E-state index >= 15 is 0 Å². The predicted molar refractivity (Wildman–Crippen MR) is 98.0 cm³/mol. The van der Waals surface area contributed by atoms with Gasteiger partial charge < -0.3 is 11.1 Å². The van der Waals surface area contributed by atoms with Gasteiger partial charge in [0.2, 0.25) is 5.91 Å². The Bertz CT molecular complexity index is 693. The molecule has 0 bridgehead atoms. The number of nitrogens with two attached hydrogens (primary N) is 1. The highest BCUT2D eigenvalue weighted by molar-refractivity contribution is 6.30. The number of carbonyl (C=O) groups excluding carboxylic acids is 1. The SMILES string of the molecule is NC(=O)c1cccc(CNC(c2ccc(Cl)cc2)C2CCCC2)c1. The zero-order chi connectivity index (χ0) is 16.9. The molecule has 0 spiro atoms. The van der Waals surface area contributed by atoms with Gasteiger partial charge in [0.1, 0.15) is 0 Å². The lowest BCUT2D eigenvalue weighted by atomic mass is 9.91. The van der Waals surface area contributed by atoms with Crippen molar-refractivity contribution in [3.63, 3.8) is 0 Å². The average Bonchev–Trinajstić information content (AvgIpc) is 3.11. The van der Waals surface area contributed by atoms with Crippen LogP contribution in [-0.2, 0) is 6.54 Å². The molecule has 1 saturated carbocycles. The van der Waals surface area contributed by atoms with Crippen LogP contribution in [0.2, 0.25) is 5.02 Å². The molecule has 0 saturated heterocycles. The number of hydrogen-bond acceptors (Lipinski definition) is 2. The minimum atomic E-state index is -0.387. The molecule has 3 nitrogen and oxygen atoms in total. The van der Waals surface area contributed by atoms with E-state index in [1.807, 2.05) is 30.3 Å². The highest BCUT2D eigenvalue weighted by atomic mass is 35.5. The Balaban J connectivity index is 1.75. The lowest BCUT2D eigenvalue weighted by molar-refractivity contribution is 0.1000. The fourth-order valence-corrected chi connectivity index (χ4v) is 3.71. The number of benzene rings is 2. The van der Waals surface area contributed by atoms with Gasteiger partial charge in [-0.05, 0) is 54.2 Å². The van der Waals surface area contributed by atoms with Crippen molar-refractivity contribution in [2.24, 2.45) is 11.7 Å². The summed E-state index contributed by atoms with van der Waals surface area (Å²) in [6.45, 7) is 0.713.